The van der Waals surface area contributed by atoms with Crippen LogP contribution in [0, 0.1) is 5.92 Å². The number of hydrogen-bond acceptors (Lipinski definition) is 3. The van der Waals surface area contributed by atoms with Crippen molar-refractivity contribution in [3.8, 4) is 0 Å². The number of carbonyl (C=O) groups excluding carboxylic acids is 1. The molecule has 70 valence electrons. The number of hydrazine groups is 1. The molecular formula is C7H15N3O2. The lowest BCUT2D eigenvalue weighted by atomic mass is 10.0. The Balaban J connectivity index is 2.40. The van der Waals surface area contributed by atoms with E-state index in [0.29, 0.717) is 13.1 Å². The van der Waals surface area contributed by atoms with Gasteiger partial charge >= 0.3 is 6.03 Å². The Hall–Kier alpha value is -0.810. The fourth-order valence-electron chi connectivity index (χ4n) is 1.46. The van der Waals surface area contributed by atoms with Gasteiger partial charge in [-0.3, -0.25) is 5.43 Å². The third-order valence-corrected chi connectivity index (χ3v) is 2.32. The first-order valence-electron chi connectivity index (χ1n) is 4.08. The van der Waals surface area contributed by atoms with E-state index in [1.807, 2.05) is 0 Å². The smallest absolute Gasteiger partial charge is 0.331 e. The lowest BCUT2D eigenvalue weighted by Gasteiger charge is -2.16. The first kappa shape index (κ1) is 9.28. The normalized spacial score (nSPS) is 25.6. The van der Waals surface area contributed by atoms with Crippen molar-refractivity contribution in [2.75, 3.05) is 13.1 Å². The molecule has 0 aliphatic carbocycles. The second-order valence-corrected chi connectivity index (χ2v) is 3.18. The number of carbonyl (C=O) groups is 1. The van der Waals surface area contributed by atoms with Gasteiger partial charge in [0, 0.05) is 19.0 Å². The molecule has 2 atom stereocenters. The monoisotopic (exact) mass is 173 g/mol. The summed E-state index contributed by atoms with van der Waals surface area (Å²) in [7, 11) is 0. The molecule has 5 heteroatoms. The molecule has 0 bridgehead atoms. The van der Waals surface area contributed by atoms with Gasteiger partial charge in [0.25, 0.3) is 0 Å². The van der Waals surface area contributed by atoms with Crippen LogP contribution in [0.2, 0.25) is 0 Å². The van der Waals surface area contributed by atoms with Crippen LogP contribution in [0.4, 0.5) is 4.79 Å². The number of rotatable bonds is 1. The minimum Gasteiger partial charge on any atom is -0.393 e. The van der Waals surface area contributed by atoms with Crippen molar-refractivity contribution in [1.82, 2.24) is 10.3 Å². The van der Waals surface area contributed by atoms with Crippen LogP contribution >= 0.6 is 0 Å². The highest BCUT2D eigenvalue weighted by atomic mass is 16.3. The van der Waals surface area contributed by atoms with E-state index < -0.39 is 0 Å². The minimum atomic E-state index is -0.347. The first-order valence-corrected chi connectivity index (χ1v) is 4.08. The summed E-state index contributed by atoms with van der Waals surface area (Å²) in [5.74, 6) is 5.17. The quantitative estimate of drug-likeness (QED) is 0.278. The molecule has 0 radical (unpaired) electrons. The molecule has 12 heavy (non-hydrogen) atoms. The van der Waals surface area contributed by atoms with Crippen molar-refractivity contribution >= 4 is 6.03 Å². The predicted octanol–water partition coefficient (Wildman–Crippen LogP) is -0.728. The minimum absolute atomic E-state index is 0.197. The summed E-state index contributed by atoms with van der Waals surface area (Å²) in [5.41, 5.74) is 2.07. The van der Waals surface area contributed by atoms with Crippen LogP contribution in [0.1, 0.15) is 13.3 Å². The van der Waals surface area contributed by atoms with Crippen LogP contribution in [0.5, 0.6) is 0 Å². The molecule has 0 saturated carbocycles. The van der Waals surface area contributed by atoms with Gasteiger partial charge in [-0.25, -0.2) is 10.6 Å². The van der Waals surface area contributed by atoms with E-state index in [9.17, 15) is 9.90 Å². The zero-order valence-electron chi connectivity index (χ0n) is 7.16. The van der Waals surface area contributed by atoms with Gasteiger partial charge in [0.05, 0.1) is 6.10 Å². The Labute approximate surface area is 71.5 Å². The second-order valence-electron chi connectivity index (χ2n) is 3.18. The number of nitrogens with two attached hydrogens (primary N) is 1. The average molecular weight is 173 g/mol. The van der Waals surface area contributed by atoms with Gasteiger partial charge in [0.2, 0.25) is 0 Å². The Morgan fingerprint density at radius 2 is 2.50 bits per heavy atom. The van der Waals surface area contributed by atoms with Gasteiger partial charge in [-0.15, -0.1) is 0 Å². The Morgan fingerprint density at radius 1 is 1.83 bits per heavy atom. The molecule has 0 aromatic rings. The maximum atomic E-state index is 11.0. The van der Waals surface area contributed by atoms with Crippen molar-refractivity contribution in [3.63, 3.8) is 0 Å². The fourth-order valence-corrected chi connectivity index (χ4v) is 1.46. The summed E-state index contributed by atoms with van der Waals surface area (Å²) in [6, 6.07) is -0.266. The van der Waals surface area contributed by atoms with Crippen molar-refractivity contribution in [3.05, 3.63) is 0 Å². The highest BCUT2D eigenvalue weighted by molar-refractivity contribution is 5.73. The van der Waals surface area contributed by atoms with Crippen LogP contribution in [0.3, 0.4) is 0 Å². The van der Waals surface area contributed by atoms with Gasteiger partial charge in [0.1, 0.15) is 0 Å². The Morgan fingerprint density at radius 3 is 2.92 bits per heavy atom. The number of aliphatic hydroxyl groups excluding tert-OH is 1. The van der Waals surface area contributed by atoms with Crippen LogP contribution in [-0.4, -0.2) is 35.2 Å². The molecule has 0 aromatic heterocycles. The second kappa shape index (κ2) is 3.73. The molecule has 1 heterocycles. The third kappa shape index (κ3) is 1.86. The molecule has 1 saturated heterocycles. The molecule has 2 amide bonds. The molecule has 1 rings (SSSR count). The summed E-state index contributed by atoms with van der Waals surface area (Å²) >= 11 is 0. The summed E-state index contributed by atoms with van der Waals surface area (Å²) in [6.07, 6.45) is 0.506. The molecule has 5 nitrogen and oxygen atoms in total. The van der Waals surface area contributed by atoms with E-state index in [1.165, 1.54) is 0 Å². The number of likely N-dealkylation sites (tertiary alicyclic amines) is 1. The number of nitrogens with one attached hydrogen (secondary N) is 1. The highest BCUT2D eigenvalue weighted by Crippen LogP contribution is 2.18. The summed E-state index contributed by atoms with van der Waals surface area (Å²) in [4.78, 5) is 12.6. The molecule has 1 aliphatic heterocycles. The molecule has 1 fully saturated rings. The molecule has 0 aromatic carbocycles. The summed E-state index contributed by atoms with van der Waals surface area (Å²) in [6.45, 7) is 3.02. The number of amides is 2. The maximum Gasteiger partial charge on any atom is 0.331 e. The SMILES string of the molecule is CC(O)C1CCN(C(=O)NN)C1. The Bertz CT molecular complexity index is 172. The first-order chi connectivity index (χ1) is 5.65. The van der Waals surface area contributed by atoms with Gasteiger partial charge < -0.3 is 10.0 Å². The van der Waals surface area contributed by atoms with Crippen LogP contribution in [0.25, 0.3) is 0 Å². The fraction of sp³-hybridized carbons (Fsp3) is 0.857. The summed E-state index contributed by atoms with van der Waals surface area (Å²) in [5, 5.41) is 9.23. The topological polar surface area (TPSA) is 78.6 Å². The van der Waals surface area contributed by atoms with Crippen LogP contribution in [0.15, 0.2) is 0 Å². The zero-order valence-corrected chi connectivity index (χ0v) is 7.16. The van der Waals surface area contributed by atoms with Gasteiger partial charge in [0.15, 0.2) is 0 Å². The van der Waals surface area contributed by atoms with Crippen LogP contribution in [-0.2, 0) is 0 Å². The lowest BCUT2D eigenvalue weighted by Crippen LogP contribution is -2.42. The number of urea groups is 1. The van der Waals surface area contributed by atoms with E-state index in [4.69, 9.17) is 5.84 Å². The van der Waals surface area contributed by atoms with Crippen molar-refractivity contribution in [1.29, 1.82) is 0 Å². The number of hydrogen-bond donors (Lipinski definition) is 3. The average Bonchev–Trinajstić information content (AvgIpc) is 2.51. The number of aliphatic hydroxyl groups is 1. The largest absolute Gasteiger partial charge is 0.393 e. The zero-order chi connectivity index (χ0) is 9.14. The van der Waals surface area contributed by atoms with E-state index in [1.54, 1.807) is 11.8 Å². The standard InChI is InChI=1S/C7H15N3O2/c1-5(11)6-2-3-10(4-6)7(12)9-8/h5-6,11H,2-4,8H2,1H3,(H,9,12). The van der Waals surface area contributed by atoms with Gasteiger partial charge in [-0.1, -0.05) is 0 Å². The molecule has 2 unspecified atom stereocenters. The highest BCUT2D eigenvalue weighted by Gasteiger charge is 2.28. The predicted molar refractivity (Wildman–Crippen MR) is 44.1 cm³/mol. The van der Waals surface area contributed by atoms with E-state index in [-0.39, 0.29) is 18.1 Å². The van der Waals surface area contributed by atoms with Crippen molar-refractivity contribution in [2.45, 2.75) is 19.4 Å². The lowest BCUT2D eigenvalue weighted by molar-refractivity contribution is 0.129. The Kier molecular flexibility index (Phi) is 2.88. The molecule has 4 N–H and O–H groups in total. The summed E-state index contributed by atoms with van der Waals surface area (Å²) < 4.78 is 0. The van der Waals surface area contributed by atoms with Crippen LogP contribution < -0.4 is 11.3 Å². The van der Waals surface area contributed by atoms with Crippen molar-refractivity contribution in [2.24, 2.45) is 11.8 Å². The van der Waals surface area contributed by atoms with E-state index >= 15 is 0 Å². The third-order valence-electron chi connectivity index (χ3n) is 2.32. The van der Waals surface area contributed by atoms with E-state index in [0.717, 1.165) is 6.42 Å². The maximum absolute atomic E-state index is 11.0. The molecular weight excluding hydrogens is 158 g/mol. The van der Waals surface area contributed by atoms with Gasteiger partial charge in [-0.2, -0.15) is 0 Å². The molecule has 0 spiro atoms. The molecule has 1 aliphatic rings. The van der Waals surface area contributed by atoms with E-state index in [2.05, 4.69) is 5.43 Å². The number of nitrogens with zero attached hydrogens (tertiary/aromatic N) is 1. The van der Waals surface area contributed by atoms with Gasteiger partial charge in [-0.05, 0) is 13.3 Å². The van der Waals surface area contributed by atoms with Crippen molar-refractivity contribution < 1.29 is 9.90 Å².